The zero-order chi connectivity index (χ0) is 15.8. The maximum atomic E-state index is 12.2. The molecule has 0 aliphatic carbocycles. The molecule has 1 aromatic rings. The van der Waals surface area contributed by atoms with Crippen LogP contribution < -0.4 is 0 Å². The predicted octanol–water partition coefficient (Wildman–Crippen LogP) is 3.05. The average molecular weight is 293 g/mol. The molecule has 0 bridgehead atoms. The molecule has 1 heterocycles. The lowest BCUT2D eigenvalue weighted by molar-refractivity contribution is -0.172. The quantitative estimate of drug-likeness (QED) is 0.723. The smallest absolute Gasteiger partial charge is 0.354 e. The van der Waals surface area contributed by atoms with Crippen LogP contribution in [0.5, 0.6) is 0 Å². The number of esters is 2. The molecule has 0 saturated carbocycles. The Morgan fingerprint density at radius 1 is 1.19 bits per heavy atom. The van der Waals surface area contributed by atoms with Crippen LogP contribution in [0.2, 0.25) is 0 Å². The first kappa shape index (κ1) is 17.1. The lowest BCUT2D eigenvalue weighted by atomic mass is 10.1. The number of rotatable bonds is 7. The number of carbonyl (C=O) groups excluding carboxylic acids is 2. The van der Waals surface area contributed by atoms with Crippen LogP contribution in [-0.4, -0.2) is 23.0 Å². The number of carbonyl (C=O) groups is 2. The van der Waals surface area contributed by atoms with Crippen molar-refractivity contribution in [2.45, 2.75) is 52.7 Å². The van der Waals surface area contributed by atoms with Gasteiger partial charge in [-0.2, -0.15) is 0 Å². The third kappa shape index (κ3) is 5.94. The molecule has 116 valence electrons. The Hall–Kier alpha value is -1.91. The molecule has 2 atom stereocenters. The van der Waals surface area contributed by atoms with Gasteiger partial charge in [-0.3, -0.25) is 9.78 Å². The van der Waals surface area contributed by atoms with Gasteiger partial charge in [-0.15, -0.1) is 0 Å². The van der Waals surface area contributed by atoms with Crippen molar-refractivity contribution in [1.29, 1.82) is 0 Å². The lowest BCUT2D eigenvalue weighted by Gasteiger charge is -2.19. The number of aromatic nitrogens is 1. The van der Waals surface area contributed by atoms with Gasteiger partial charge in [-0.05, 0) is 31.4 Å². The van der Waals surface area contributed by atoms with Gasteiger partial charge in [0, 0.05) is 12.6 Å². The summed E-state index contributed by atoms with van der Waals surface area (Å²) in [7, 11) is 0. The first-order valence-electron chi connectivity index (χ1n) is 7.24. The number of hydrogen-bond acceptors (Lipinski definition) is 5. The first-order chi connectivity index (χ1) is 9.93. The summed E-state index contributed by atoms with van der Waals surface area (Å²) in [5.74, 6) is -0.852. The molecule has 0 aliphatic heterocycles. The van der Waals surface area contributed by atoms with Crippen molar-refractivity contribution in [2.24, 2.45) is 5.92 Å². The molecule has 0 aliphatic rings. The van der Waals surface area contributed by atoms with Crippen molar-refractivity contribution in [3.8, 4) is 0 Å². The molecule has 0 saturated heterocycles. The van der Waals surface area contributed by atoms with Crippen molar-refractivity contribution in [2.75, 3.05) is 0 Å². The van der Waals surface area contributed by atoms with E-state index in [1.165, 1.54) is 0 Å². The Morgan fingerprint density at radius 3 is 2.43 bits per heavy atom. The Balaban J connectivity index is 2.85. The van der Waals surface area contributed by atoms with E-state index >= 15 is 0 Å². The molecular formula is C16H23NO4. The van der Waals surface area contributed by atoms with Crippen LogP contribution in [-0.2, 0) is 19.1 Å². The van der Waals surface area contributed by atoms with Gasteiger partial charge in [0.1, 0.15) is 0 Å². The molecule has 1 rings (SSSR count). The van der Waals surface area contributed by atoms with E-state index in [1.54, 1.807) is 31.3 Å². The Labute approximate surface area is 125 Å². The highest BCUT2D eigenvalue weighted by atomic mass is 16.6. The third-order valence-corrected chi connectivity index (χ3v) is 2.89. The molecule has 5 nitrogen and oxygen atoms in total. The minimum atomic E-state index is -1.11. The highest BCUT2D eigenvalue weighted by molar-refractivity contribution is 5.80. The Kier molecular flexibility index (Phi) is 6.85. The summed E-state index contributed by atoms with van der Waals surface area (Å²) in [6, 6.07) is 5.11. The number of nitrogens with zero attached hydrogens (tertiary/aromatic N) is 1. The largest absolute Gasteiger partial charge is 0.460 e. The number of pyridine rings is 1. The molecule has 0 radical (unpaired) electrons. The SMILES string of the molecule is CCC(C)OC(=O)C(OC(=O)CC(C)C)c1ccccn1. The van der Waals surface area contributed by atoms with Crippen molar-refractivity contribution >= 4 is 11.9 Å². The van der Waals surface area contributed by atoms with Gasteiger partial charge in [0.15, 0.2) is 0 Å². The molecule has 0 fully saturated rings. The van der Waals surface area contributed by atoms with Crippen LogP contribution >= 0.6 is 0 Å². The van der Waals surface area contributed by atoms with E-state index in [2.05, 4.69) is 4.98 Å². The second-order valence-electron chi connectivity index (χ2n) is 5.38. The van der Waals surface area contributed by atoms with Crippen molar-refractivity contribution < 1.29 is 19.1 Å². The van der Waals surface area contributed by atoms with Crippen LogP contribution in [0.1, 0.15) is 52.3 Å². The average Bonchev–Trinajstić information content (AvgIpc) is 2.44. The van der Waals surface area contributed by atoms with Crippen LogP contribution in [0, 0.1) is 5.92 Å². The van der Waals surface area contributed by atoms with E-state index in [4.69, 9.17) is 9.47 Å². The number of ether oxygens (including phenoxy) is 2. The van der Waals surface area contributed by atoms with Gasteiger partial charge in [0.05, 0.1) is 11.8 Å². The molecule has 0 aromatic carbocycles. The lowest BCUT2D eigenvalue weighted by Crippen LogP contribution is -2.26. The van der Waals surface area contributed by atoms with Crippen molar-refractivity contribution in [3.05, 3.63) is 30.1 Å². The van der Waals surface area contributed by atoms with E-state index < -0.39 is 18.0 Å². The van der Waals surface area contributed by atoms with Gasteiger partial charge >= 0.3 is 11.9 Å². The standard InChI is InChI=1S/C16H23NO4/c1-5-12(4)20-16(19)15(13-8-6-7-9-17-13)21-14(18)10-11(2)3/h6-9,11-12,15H,5,10H2,1-4H3. The second kappa shape index (κ2) is 8.39. The maximum Gasteiger partial charge on any atom is 0.354 e. The van der Waals surface area contributed by atoms with Gasteiger partial charge in [-0.1, -0.05) is 26.8 Å². The molecule has 21 heavy (non-hydrogen) atoms. The van der Waals surface area contributed by atoms with E-state index in [1.807, 2.05) is 20.8 Å². The van der Waals surface area contributed by atoms with Gasteiger partial charge < -0.3 is 9.47 Å². The van der Waals surface area contributed by atoms with Crippen LogP contribution in [0.4, 0.5) is 0 Å². The van der Waals surface area contributed by atoms with Gasteiger partial charge in [0.25, 0.3) is 0 Å². The maximum absolute atomic E-state index is 12.2. The topological polar surface area (TPSA) is 65.5 Å². The molecule has 2 unspecified atom stereocenters. The minimum Gasteiger partial charge on any atom is -0.460 e. The van der Waals surface area contributed by atoms with Crippen LogP contribution in [0.15, 0.2) is 24.4 Å². The summed E-state index contributed by atoms with van der Waals surface area (Å²) < 4.78 is 10.5. The summed E-state index contributed by atoms with van der Waals surface area (Å²) in [5, 5.41) is 0. The first-order valence-corrected chi connectivity index (χ1v) is 7.24. The second-order valence-corrected chi connectivity index (χ2v) is 5.38. The van der Waals surface area contributed by atoms with Crippen molar-refractivity contribution in [3.63, 3.8) is 0 Å². The highest BCUT2D eigenvalue weighted by Gasteiger charge is 2.29. The summed E-state index contributed by atoms with van der Waals surface area (Å²) in [6.07, 6.45) is 1.16. The van der Waals surface area contributed by atoms with Gasteiger partial charge in [-0.25, -0.2) is 4.79 Å². The Bertz CT molecular complexity index is 459. The summed E-state index contributed by atoms with van der Waals surface area (Å²) in [5.41, 5.74) is 0.378. The normalized spacial score (nSPS) is 13.6. The molecular weight excluding hydrogens is 270 g/mol. The fourth-order valence-corrected chi connectivity index (χ4v) is 1.62. The summed E-state index contributed by atoms with van der Waals surface area (Å²) in [4.78, 5) is 28.1. The van der Waals surface area contributed by atoms with E-state index in [0.717, 1.165) is 0 Å². The third-order valence-electron chi connectivity index (χ3n) is 2.89. The fourth-order valence-electron chi connectivity index (χ4n) is 1.62. The van der Waals surface area contributed by atoms with E-state index in [-0.39, 0.29) is 18.4 Å². The van der Waals surface area contributed by atoms with Gasteiger partial charge in [0.2, 0.25) is 6.10 Å². The summed E-state index contributed by atoms with van der Waals surface area (Å²) >= 11 is 0. The molecule has 0 N–H and O–H groups in total. The Morgan fingerprint density at radius 2 is 1.90 bits per heavy atom. The number of hydrogen-bond donors (Lipinski definition) is 0. The van der Waals surface area contributed by atoms with Crippen LogP contribution in [0.25, 0.3) is 0 Å². The zero-order valence-electron chi connectivity index (χ0n) is 13.0. The predicted molar refractivity (Wildman–Crippen MR) is 78.4 cm³/mol. The van der Waals surface area contributed by atoms with Crippen LogP contribution in [0.3, 0.4) is 0 Å². The molecule has 1 aromatic heterocycles. The molecule has 0 spiro atoms. The van der Waals surface area contributed by atoms with E-state index in [9.17, 15) is 9.59 Å². The zero-order valence-corrected chi connectivity index (χ0v) is 13.0. The van der Waals surface area contributed by atoms with E-state index in [0.29, 0.717) is 12.1 Å². The summed E-state index contributed by atoms with van der Waals surface area (Å²) in [6.45, 7) is 7.53. The monoisotopic (exact) mass is 293 g/mol. The van der Waals surface area contributed by atoms with Crippen molar-refractivity contribution in [1.82, 2.24) is 4.98 Å². The minimum absolute atomic E-state index is 0.160. The molecule has 0 amide bonds. The fraction of sp³-hybridized carbons (Fsp3) is 0.562. The molecule has 5 heteroatoms. The highest BCUT2D eigenvalue weighted by Crippen LogP contribution is 2.20.